The zero-order chi connectivity index (χ0) is 14.7. The SMILES string of the molecule is CCc1nc(Cc2cc(F)cc(F)c2)nc(NC)c1I. The van der Waals surface area contributed by atoms with Crippen molar-refractivity contribution in [1.29, 1.82) is 0 Å². The van der Waals surface area contributed by atoms with Gasteiger partial charge in [0.15, 0.2) is 0 Å². The zero-order valence-electron chi connectivity index (χ0n) is 11.2. The third-order valence-corrected chi connectivity index (χ3v) is 3.96. The number of halogens is 3. The highest BCUT2D eigenvalue weighted by molar-refractivity contribution is 14.1. The number of rotatable bonds is 4. The first-order chi connectivity index (χ1) is 9.53. The molecule has 0 aliphatic heterocycles. The van der Waals surface area contributed by atoms with E-state index in [1.807, 2.05) is 6.92 Å². The highest BCUT2D eigenvalue weighted by atomic mass is 127. The Bertz CT molecular complexity index is 587. The Hall–Kier alpha value is -1.31. The van der Waals surface area contributed by atoms with E-state index >= 15 is 0 Å². The molecule has 0 spiro atoms. The number of aryl methyl sites for hydroxylation is 1. The van der Waals surface area contributed by atoms with Gasteiger partial charge in [-0.3, -0.25) is 0 Å². The van der Waals surface area contributed by atoms with Gasteiger partial charge in [0.2, 0.25) is 0 Å². The summed E-state index contributed by atoms with van der Waals surface area (Å²) < 4.78 is 27.4. The molecule has 0 radical (unpaired) electrons. The van der Waals surface area contributed by atoms with Crippen molar-refractivity contribution < 1.29 is 8.78 Å². The molecule has 1 heterocycles. The fourth-order valence-electron chi connectivity index (χ4n) is 1.92. The lowest BCUT2D eigenvalue weighted by Gasteiger charge is -2.10. The molecule has 0 atom stereocenters. The number of nitrogens with zero attached hydrogens (tertiary/aromatic N) is 2. The summed E-state index contributed by atoms with van der Waals surface area (Å²) >= 11 is 2.19. The number of hydrogen-bond acceptors (Lipinski definition) is 3. The van der Waals surface area contributed by atoms with E-state index in [1.54, 1.807) is 7.05 Å². The molecular formula is C14H14F2IN3. The average molecular weight is 389 g/mol. The van der Waals surface area contributed by atoms with Gasteiger partial charge in [0.25, 0.3) is 0 Å². The average Bonchev–Trinajstić information content (AvgIpc) is 2.39. The molecule has 0 saturated heterocycles. The monoisotopic (exact) mass is 389 g/mol. The zero-order valence-corrected chi connectivity index (χ0v) is 13.3. The minimum atomic E-state index is -0.588. The molecule has 3 nitrogen and oxygen atoms in total. The highest BCUT2D eigenvalue weighted by Crippen LogP contribution is 2.20. The van der Waals surface area contributed by atoms with Gasteiger partial charge in [0, 0.05) is 19.5 Å². The van der Waals surface area contributed by atoms with Crippen molar-refractivity contribution in [3.8, 4) is 0 Å². The third kappa shape index (κ3) is 3.41. The van der Waals surface area contributed by atoms with Crippen LogP contribution in [0.4, 0.5) is 14.6 Å². The van der Waals surface area contributed by atoms with E-state index in [-0.39, 0.29) is 0 Å². The first-order valence-corrected chi connectivity index (χ1v) is 7.29. The largest absolute Gasteiger partial charge is 0.372 e. The third-order valence-electron chi connectivity index (χ3n) is 2.82. The lowest BCUT2D eigenvalue weighted by atomic mass is 10.1. The Kier molecular flexibility index (Phi) is 4.85. The summed E-state index contributed by atoms with van der Waals surface area (Å²) in [4.78, 5) is 8.83. The molecule has 1 N–H and O–H groups in total. The summed E-state index contributed by atoms with van der Waals surface area (Å²) in [5.41, 5.74) is 1.45. The van der Waals surface area contributed by atoms with Crippen LogP contribution in [0.3, 0.4) is 0 Å². The fraction of sp³-hybridized carbons (Fsp3) is 0.286. The van der Waals surface area contributed by atoms with Crippen molar-refractivity contribution in [2.24, 2.45) is 0 Å². The summed E-state index contributed by atoms with van der Waals surface area (Å²) in [5.74, 6) is 0.117. The van der Waals surface area contributed by atoms with Crippen LogP contribution in [-0.4, -0.2) is 17.0 Å². The molecule has 6 heteroatoms. The summed E-state index contributed by atoms with van der Waals surface area (Å²) in [6, 6.07) is 3.46. The van der Waals surface area contributed by atoms with Crippen LogP contribution in [0.15, 0.2) is 18.2 Å². The van der Waals surface area contributed by atoms with Gasteiger partial charge in [0.1, 0.15) is 23.3 Å². The maximum Gasteiger partial charge on any atom is 0.143 e. The standard InChI is InChI=1S/C14H14F2IN3/c1-3-11-13(17)14(18-2)20-12(19-11)6-8-4-9(15)7-10(16)5-8/h4-5,7H,3,6H2,1-2H3,(H,18,19,20). The number of anilines is 1. The summed E-state index contributed by atoms with van der Waals surface area (Å²) in [7, 11) is 1.79. The molecule has 106 valence electrons. The first kappa shape index (κ1) is 15.1. The van der Waals surface area contributed by atoms with Gasteiger partial charge < -0.3 is 5.32 Å². The van der Waals surface area contributed by atoms with Crippen molar-refractivity contribution in [1.82, 2.24) is 9.97 Å². The maximum atomic E-state index is 13.2. The van der Waals surface area contributed by atoms with Crippen molar-refractivity contribution in [2.45, 2.75) is 19.8 Å². The van der Waals surface area contributed by atoms with Crippen LogP contribution in [0, 0.1) is 15.2 Å². The minimum absolute atomic E-state index is 0.299. The van der Waals surface area contributed by atoms with Crippen LogP contribution >= 0.6 is 22.6 Å². The molecule has 0 aliphatic carbocycles. The number of aromatic nitrogens is 2. The Balaban J connectivity index is 2.38. The van der Waals surface area contributed by atoms with Gasteiger partial charge in [-0.05, 0) is 46.7 Å². The molecule has 0 amide bonds. The second-order valence-electron chi connectivity index (χ2n) is 4.31. The van der Waals surface area contributed by atoms with E-state index in [0.29, 0.717) is 17.8 Å². The molecule has 2 rings (SSSR count). The number of hydrogen-bond donors (Lipinski definition) is 1. The van der Waals surface area contributed by atoms with Gasteiger partial charge in [0.05, 0.1) is 9.26 Å². The van der Waals surface area contributed by atoms with Crippen LogP contribution < -0.4 is 5.32 Å². The van der Waals surface area contributed by atoms with Crippen LogP contribution in [-0.2, 0) is 12.8 Å². The molecule has 20 heavy (non-hydrogen) atoms. The van der Waals surface area contributed by atoms with Crippen LogP contribution in [0.5, 0.6) is 0 Å². The van der Waals surface area contributed by atoms with E-state index in [2.05, 4.69) is 37.9 Å². The van der Waals surface area contributed by atoms with Crippen molar-refractivity contribution in [2.75, 3.05) is 12.4 Å². The summed E-state index contributed by atoms with van der Waals surface area (Å²) in [5, 5.41) is 3.01. The number of benzene rings is 1. The predicted molar refractivity (Wildman–Crippen MR) is 82.8 cm³/mol. The van der Waals surface area contributed by atoms with E-state index in [9.17, 15) is 8.78 Å². The van der Waals surface area contributed by atoms with Gasteiger partial charge in [-0.1, -0.05) is 6.92 Å². The number of nitrogens with one attached hydrogen (secondary N) is 1. The van der Waals surface area contributed by atoms with E-state index in [4.69, 9.17) is 0 Å². The van der Waals surface area contributed by atoms with Gasteiger partial charge >= 0.3 is 0 Å². The fourth-order valence-corrected chi connectivity index (χ4v) is 2.81. The Labute approximate surface area is 130 Å². The molecule has 0 unspecified atom stereocenters. The van der Waals surface area contributed by atoms with Crippen LogP contribution in [0.25, 0.3) is 0 Å². The van der Waals surface area contributed by atoms with E-state index in [1.165, 1.54) is 12.1 Å². The second kappa shape index (κ2) is 6.43. The van der Waals surface area contributed by atoms with Gasteiger partial charge in [-0.2, -0.15) is 0 Å². The van der Waals surface area contributed by atoms with E-state index in [0.717, 1.165) is 27.6 Å². The summed E-state index contributed by atoms with van der Waals surface area (Å²) in [6.45, 7) is 2.01. The molecule has 1 aromatic heterocycles. The van der Waals surface area contributed by atoms with Crippen molar-refractivity contribution >= 4 is 28.4 Å². The van der Waals surface area contributed by atoms with Crippen LogP contribution in [0.2, 0.25) is 0 Å². The maximum absolute atomic E-state index is 13.2. The van der Waals surface area contributed by atoms with Crippen molar-refractivity contribution in [3.63, 3.8) is 0 Å². The quantitative estimate of drug-likeness (QED) is 0.813. The van der Waals surface area contributed by atoms with Crippen LogP contribution in [0.1, 0.15) is 24.0 Å². The first-order valence-electron chi connectivity index (χ1n) is 6.21. The van der Waals surface area contributed by atoms with Gasteiger partial charge in [-0.25, -0.2) is 18.7 Å². The van der Waals surface area contributed by atoms with Crippen molar-refractivity contribution in [3.05, 3.63) is 50.5 Å². The lowest BCUT2D eigenvalue weighted by molar-refractivity contribution is 0.580. The molecule has 0 aliphatic rings. The van der Waals surface area contributed by atoms with Gasteiger partial charge in [-0.15, -0.1) is 0 Å². The molecule has 1 aromatic carbocycles. The molecule has 2 aromatic rings. The highest BCUT2D eigenvalue weighted by Gasteiger charge is 2.11. The molecular weight excluding hydrogens is 375 g/mol. The molecule has 0 saturated carbocycles. The van der Waals surface area contributed by atoms with E-state index < -0.39 is 11.6 Å². The normalized spacial score (nSPS) is 10.7. The topological polar surface area (TPSA) is 37.8 Å². The Morgan fingerprint density at radius 1 is 1.15 bits per heavy atom. The summed E-state index contributed by atoms with van der Waals surface area (Å²) in [6.07, 6.45) is 1.08. The smallest absolute Gasteiger partial charge is 0.143 e. The second-order valence-corrected chi connectivity index (χ2v) is 5.39. The Morgan fingerprint density at radius 2 is 1.80 bits per heavy atom. The minimum Gasteiger partial charge on any atom is -0.372 e. The Morgan fingerprint density at radius 3 is 2.35 bits per heavy atom. The predicted octanol–water partition coefficient (Wildman–Crippen LogP) is 3.55. The molecule has 0 fully saturated rings. The molecule has 0 bridgehead atoms. The lowest BCUT2D eigenvalue weighted by Crippen LogP contribution is -2.08.